The molecule has 0 aromatic rings. The quantitative estimate of drug-likeness (QED) is 0.466. The highest BCUT2D eigenvalue weighted by atomic mass is 35.5. The summed E-state index contributed by atoms with van der Waals surface area (Å²) < 4.78 is 10.5. The number of carbonyl (C=O) groups excluding carboxylic acids is 1. The van der Waals surface area contributed by atoms with Gasteiger partial charge in [0.2, 0.25) is 0 Å². The molecule has 0 fully saturated rings. The van der Waals surface area contributed by atoms with Gasteiger partial charge in [-0.1, -0.05) is 0 Å². The molecular weight excluding hydrogens is 110 g/mol. The fourth-order valence-corrected chi connectivity index (χ4v) is 0.0619. The SMILES string of the molecule is O=C(CCl)OF. The summed E-state index contributed by atoms with van der Waals surface area (Å²) in [5.41, 5.74) is 0. The van der Waals surface area contributed by atoms with Crippen LogP contribution in [0.1, 0.15) is 0 Å². The van der Waals surface area contributed by atoms with E-state index in [4.69, 9.17) is 11.6 Å². The maximum atomic E-state index is 10.5. The Labute approximate surface area is 38.7 Å². The molecule has 0 bridgehead atoms. The molecule has 0 aliphatic heterocycles. The maximum absolute atomic E-state index is 10.5. The lowest BCUT2D eigenvalue weighted by atomic mass is 10.8. The van der Waals surface area contributed by atoms with Gasteiger partial charge < -0.3 is 0 Å². The average molecular weight is 112 g/mol. The molecule has 36 valence electrons. The second kappa shape index (κ2) is 2.90. The van der Waals surface area contributed by atoms with Crippen molar-refractivity contribution >= 4 is 17.6 Å². The molecule has 0 radical (unpaired) electrons. The highest BCUT2D eigenvalue weighted by Gasteiger charge is 1.94. The van der Waals surface area contributed by atoms with E-state index in [1.54, 1.807) is 0 Å². The van der Waals surface area contributed by atoms with E-state index in [0.29, 0.717) is 0 Å². The van der Waals surface area contributed by atoms with Crippen LogP contribution in [-0.2, 0) is 9.74 Å². The second-order valence-electron chi connectivity index (χ2n) is 0.583. The van der Waals surface area contributed by atoms with Crippen LogP contribution in [0, 0.1) is 0 Å². The van der Waals surface area contributed by atoms with Gasteiger partial charge in [-0.3, -0.25) is 4.94 Å². The number of carbonyl (C=O) groups is 1. The van der Waals surface area contributed by atoms with Crippen molar-refractivity contribution in [3.05, 3.63) is 0 Å². The normalized spacial score (nSPS) is 7.67. The third kappa shape index (κ3) is 1.96. The third-order valence-electron chi connectivity index (χ3n) is 0.195. The summed E-state index contributed by atoms with van der Waals surface area (Å²) in [6.45, 7) is 0. The van der Waals surface area contributed by atoms with Crippen molar-refractivity contribution in [1.29, 1.82) is 0 Å². The van der Waals surface area contributed by atoms with Crippen molar-refractivity contribution < 1.29 is 14.3 Å². The van der Waals surface area contributed by atoms with Crippen molar-refractivity contribution in [3.63, 3.8) is 0 Å². The molecule has 4 heteroatoms. The van der Waals surface area contributed by atoms with E-state index < -0.39 is 11.8 Å². The van der Waals surface area contributed by atoms with Gasteiger partial charge in [0, 0.05) is 4.53 Å². The van der Waals surface area contributed by atoms with Crippen LogP contribution in [-0.4, -0.2) is 11.8 Å². The summed E-state index contributed by atoms with van der Waals surface area (Å²) in [6.07, 6.45) is 0. The van der Waals surface area contributed by atoms with Crippen LogP contribution in [0.25, 0.3) is 0 Å². The van der Waals surface area contributed by atoms with Crippen LogP contribution < -0.4 is 0 Å². The van der Waals surface area contributed by atoms with Gasteiger partial charge in [0.05, 0.1) is 0 Å². The molecule has 0 heterocycles. The van der Waals surface area contributed by atoms with Gasteiger partial charge in [-0.05, 0) is 0 Å². The van der Waals surface area contributed by atoms with Crippen molar-refractivity contribution in [2.45, 2.75) is 0 Å². The Morgan fingerprint density at radius 1 is 2.00 bits per heavy atom. The smallest absolute Gasteiger partial charge is 0.254 e. The van der Waals surface area contributed by atoms with Crippen molar-refractivity contribution in [3.8, 4) is 0 Å². The highest BCUT2D eigenvalue weighted by molar-refractivity contribution is 6.26. The predicted molar refractivity (Wildman–Crippen MR) is 17.9 cm³/mol. The topological polar surface area (TPSA) is 26.3 Å². The van der Waals surface area contributed by atoms with E-state index in [-0.39, 0.29) is 0 Å². The zero-order chi connectivity index (χ0) is 4.99. The summed E-state index contributed by atoms with van der Waals surface area (Å²) in [6, 6.07) is 0. The molecule has 0 aromatic heterocycles. The minimum atomic E-state index is -1.06. The fraction of sp³-hybridized carbons (Fsp3) is 0.500. The molecule has 0 saturated carbocycles. The number of hydrogen-bond acceptors (Lipinski definition) is 2. The van der Waals surface area contributed by atoms with E-state index in [9.17, 15) is 9.32 Å². The van der Waals surface area contributed by atoms with Crippen LogP contribution in [0.3, 0.4) is 0 Å². The molecule has 0 aromatic carbocycles. The highest BCUT2D eigenvalue weighted by Crippen LogP contribution is 1.79. The molecule has 6 heavy (non-hydrogen) atoms. The molecule has 0 saturated heterocycles. The van der Waals surface area contributed by atoms with Gasteiger partial charge in [0.1, 0.15) is 5.88 Å². The molecule has 0 amide bonds. The zero-order valence-corrected chi connectivity index (χ0v) is 3.54. The fourth-order valence-electron chi connectivity index (χ4n) is 0.0206. The molecule has 0 rings (SSSR count). The molecule has 0 unspecified atom stereocenters. The first-order chi connectivity index (χ1) is 2.81. The summed E-state index contributed by atoms with van der Waals surface area (Å²) in [5, 5.41) is 0. The Morgan fingerprint density at radius 3 is 2.50 bits per heavy atom. The van der Waals surface area contributed by atoms with Gasteiger partial charge in [0.25, 0.3) is 0 Å². The zero-order valence-electron chi connectivity index (χ0n) is 2.78. The first kappa shape index (κ1) is 5.69. The molecule has 2 nitrogen and oxygen atoms in total. The van der Waals surface area contributed by atoms with E-state index in [1.165, 1.54) is 0 Å². The summed E-state index contributed by atoms with van der Waals surface area (Å²) in [4.78, 5) is 12.1. The third-order valence-corrected chi connectivity index (χ3v) is 0.413. The van der Waals surface area contributed by atoms with Crippen LogP contribution in [0.5, 0.6) is 0 Å². The van der Waals surface area contributed by atoms with Crippen LogP contribution in [0.2, 0.25) is 0 Å². The van der Waals surface area contributed by atoms with Crippen molar-refractivity contribution in [1.82, 2.24) is 0 Å². The van der Waals surface area contributed by atoms with Crippen molar-refractivity contribution in [2.24, 2.45) is 0 Å². The minimum Gasteiger partial charge on any atom is -0.254 e. The largest absolute Gasteiger partial charge is 0.363 e. The minimum absolute atomic E-state index is 0.434. The number of rotatable bonds is 1. The number of alkyl halides is 1. The number of halogens is 2. The Balaban J connectivity index is 2.99. The lowest BCUT2D eigenvalue weighted by Gasteiger charge is -1.77. The Bertz CT molecular complexity index is 49.5. The molecule has 0 N–H and O–H groups in total. The van der Waals surface area contributed by atoms with Gasteiger partial charge in [-0.15, -0.1) is 11.6 Å². The first-order valence-corrected chi connectivity index (χ1v) is 1.72. The molecule has 0 atom stereocenters. The predicted octanol–water partition coefficient (Wildman–Crippen LogP) is 0.653. The lowest BCUT2D eigenvalue weighted by molar-refractivity contribution is -0.180. The van der Waals surface area contributed by atoms with Gasteiger partial charge >= 0.3 is 5.97 Å². The summed E-state index contributed by atoms with van der Waals surface area (Å²) >= 11 is 4.74. The monoisotopic (exact) mass is 112 g/mol. The van der Waals surface area contributed by atoms with Crippen LogP contribution in [0.15, 0.2) is 0 Å². The Hall–Kier alpha value is -0.310. The van der Waals surface area contributed by atoms with E-state index in [1.807, 2.05) is 0 Å². The standard InChI is InChI=1S/C2H2ClFO2/c3-1-2(5)6-4/h1H2. The molecular formula is C2H2ClFO2. The van der Waals surface area contributed by atoms with E-state index in [0.717, 1.165) is 0 Å². The van der Waals surface area contributed by atoms with Gasteiger partial charge in [-0.2, -0.15) is 0 Å². The summed E-state index contributed by atoms with van der Waals surface area (Å²) in [7, 11) is 0. The Kier molecular flexibility index (Phi) is 2.75. The number of hydrogen-bond donors (Lipinski definition) is 0. The molecule has 0 spiro atoms. The van der Waals surface area contributed by atoms with Gasteiger partial charge in [0.15, 0.2) is 0 Å². The summed E-state index contributed by atoms with van der Waals surface area (Å²) in [5.74, 6) is -1.49. The second-order valence-corrected chi connectivity index (χ2v) is 0.850. The average Bonchev–Trinajstić information content (AvgIpc) is 1.65. The molecule has 0 aliphatic rings. The van der Waals surface area contributed by atoms with E-state index >= 15 is 0 Å². The lowest BCUT2D eigenvalue weighted by Crippen LogP contribution is -1.96. The Morgan fingerprint density at radius 2 is 2.50 bits per heavy atom. The molecule has 0 aliphatic carbocycles. The van der Waals surface area contributed by atoms with Gasteiger partial charge in [-0.25, -0.2) is 4.79 Å². The maximum Gasteiger partial charge on any atom is 0.363 e. The van der Waals surface area contributed by atoms with Crippen LogP contribution in [0.4, 0.5) is 4.53 Å². The first-order valence-electron chi connectivity index (χ1n) is 1.18. The van der Waals surface area contributed by atoms with Crippen LogP contribution >= 0.6 is 11.6 Å². The van der Waals surface area contributed by atoms with Crippen molar-refractivity contribution in [2.75, 3.05) is 5.88 Å². The van der Waals surface area contributed by atoms with E-state index in [2.05, 4.69) is 4.94 Å².